The maximum absolute atomic E-state index is 12.7. The van der Waals surface area contributed by atoms with Gasteiger partial charge in [0.2, 0.25) is 0 Å². The SMILES string of the molecule is CCOc1cc(C=NNC(=O)c2cccc(NC(=O)c3cccc(OC)c3)c2)ccc1OC(=O)c1ccc(C)cc1. The van der Waals surface area contributed by atoms with Gasteiger partial charge in [-0.05, 0) is 86.1 Å². The van der Waals surface area contributed by atoms with Crippen molar-refractivity contribution in [1.82, 2.24) is 5.43 Å². The van der Waals surface area contributed by atoms with E-state index in [1.54, 1.807) is 78.9 Å². The molecule has 0 saturated heterocycles. The van der Waals surface area contributed by atoms with Gasteiger partial charge in [-0.3, -0.25) is 9.59 Å². The zero-order chi connectivity index (χ0) is 29.2. The molecule has 0 radical (unpaired) electrons. The number of methoxy groups -OCH3 is 1. The molecule has 4 aromatic carbocycles. The largest absolute Gasteiger partial charge is 0.497 e. The predicted octanol–water partition coefficient (Wildman–Crippen LogP) is 5.64. The topological polar surface area (TPSA) is 115 Å². The number of aryl methyl sites for hydroxylation is 1. The van der Waals surface area contributed by atoms with E-state index in [9.17, 15) is 14.4 Å². The maximum Gasteiger partial charge on any atom is 0.343 e. The van der Waals surface area contributed by atoms with Crippen molar-refractivity contribution in [2.24, 2.45) is 5.10 Å². The van der Waals surface area contributed by atoms with Gasteiger partial charge in [0.1, 0.15) is 5.75 Å². The van der Waals surface area contributed by atoms with Crippen LogP contribution in [0.5, 0.6) is 17.2 Å². The second kappa shape index (κ2) is 13.6. The van der Waals surface area contributed by atoms with Crippen molar-refractivity contribution < 1.29 is 28.6 Å². The number of nitrogens with one attached hydrogen (secondary N) is 2. The second-order valence-electron chi connectivity index (χ2n) is 8.86. The molecular weight excluding hydrogens is 522 g/mol. The molecule has 4 aromatic rings. The van der Waals surface area contributed by atoms with Gasteiger partial charge in [0.05, 0.1) is 25.5 Å². The Balaban J connectivity index is 1.39. The van der Waals surface area contributed by atoms with Crippen LogP contribution in [-0.4, -0.2) is 37.7 Å². The number of hydrazone groups is 1. The summed E-state index contributed by atoms with van der Waals surface area (Å²) in [6.45, 7) is 4.11. The van der Waals surface area contributed by atoms with Crippen molar-refractivity contribution in [2.75, 3.05) is 19.0 Å². The zero-order valence-corrected chi connectivity index (χ0v) is 22.8. The lowest BCUT2D eigenvalue weighted by Crippen LogP contribution is -2.18. The van der Waals surface area contributed by atoms with Crippen LogP contribution < -0.4 is 25.0 Å². The van der Waals surface area contributed by atoms with Crippen LogP contribution in [0, 0.1) is 6.92 Å². The smallest absolute Gasteiger partial charge is 0.343 e. The molecule has 0 heterocycles. The monoisotopic (exact) mass is 551 g/mol. The Kier molecular flexibility index (Phi) is 9.45. The predicted molar refractivity (Wildman–Crippen MR) is 156 cm³/mol. The lowest BCUT2D eigenvalue weighted by atomic mass is 10.1. The Morgan fingerprint density at radius 2 is 1.54 bits per heavy atom. The van der Waals surface area contributed by atoms with Gasteiger partial charge in [-0.2, -0.15) is 5.10 Å². The van der Waals surface area contributed by atoms with Crippen molar-refractivity contribution in [3.8, 4) is 17.2 Å². The number of nitrogens with zero attached hydrogens (tertiary/aromatic N) is 1. The summed E-state index contributed by atoms with van der Waals surface area (Å²) in [5.74, 6) is -0.101. The fourth-order valence-electron chi connectivity index (χ4n) is 3.74. The summed E-state index contributed by atoms with van der Waals surface area (Å²) in [7, 11) is 1.53. The average molecular weight is 552 g/mol. The van der Waals surface area contributed by atoms with Crippen molar-refractivity contribution in [2.45, 2.75) is 13.8 Å². The first-order chi connectivity index (χ1) is 19.9. The molecule has 0 saturated carbocycles. The highest BCUT2D eigenvalue weighted by atomic mass is 16.6. The maximum atomic E-state index is 12.7. The number of rotatable bonds is 10. The molecule has 0 aliphatic carbocycles. The summed E-state index contributed by atoms with van der Waals surface area (Å²) in [4.78, 5) is 37.8. The molecule has 41 heavy (non-hydrogen) atoms. The lowest BCUT2D eigenvalue weighted by Gasteiger charge is -2.11. The van der Waals surface area contributed by atoms with Gasteiger partial charge < -0.3 is 19.5 Å². The number of ether oxygens (including phenoxy) is 3. The summed E-state index contributed by atoms with van der Waals surface area (Å²) in [6.07, 6.45) is 1.44. The van der Waals surface area contributed by atoms with Crippen molar-refractivity contribution in [3.05, 3.63) is 119 Å². The van der Waals surface area contributed by atoms with E-state index in [-0.39, 0.29) is 11.7 Å². The number of anilines is 1. The summed E-state index contributed by atoms with van der Waals surface area (Å²) in [5.41, 5.74) is 5.73. The highest BCUT2D eigenvalue weighted by Gasteiger charge is 2.14. The van der Waals surface area contributed by atoms with Crippen LogP contribution in [-0.2, 0) is 0 Å². The van der Waals surface area contributed by atoms with Crippen LogP contribution >= 0.6 is 0 Å². The number of amides is 2. The van der Waals surface area contributed by atoms with Crippen LogP contribution in [0.15, 0.2) is 96.1 Å². The standard InChI is InChI=1S/C32H29N3O6/c1-4-40-29-17-22(13-16-28(29)41-32(38)23-14-11-21(2)12-15-23)20-33-35-31(37)24-7-5-9-26(18-24)34-30(36)25-8-6-10-27(19-25)39-3/h5-20H,4H2,1-3H3,(H,34,36)(H,35,37). The van der Waals surface area contributed by atoms with E-state index >= 15 is 0 Å². The van der Waals surface area contributed by atoms with Crippen LogP contribution in [0.2, 0.25) is 0 Å². The first-order valence-electron chi connectivity index (χ1n) is 12.8. The zero-order valence-electron chi connectivity index (χ0n) is 22.8. The average Bonchev–Trinajstić information content (AvgIpc) is 2.99. The fourth-order valence-corrected chi connectivity index (χ4v) is 3.74. The van der Waals surface area contributed by atoms with Gasteiger partial charge in [0, 0.05) is 16.8 Å². The van der Waals surface area contributed by atoms with Gasteiger partial charge in [0.15, 0.2) is 11.5 Å². The van der Waals surface area contributed by atoms with Crippen LogP contribution in [0.25, 0.3) is 0 Å². The summed E-state index contributed by atoms with van der Waals surface area (Å²) < 4.78 is 16.4. The highest BCUT2D eigenvalue weighted by molar-refractivity contribution is 6.05. The molecule has 2 N–H and O–H groups in total. The van der Waals surface area contributed by atoms with Crippen LogP contribution in [0.3, 0.4) is 0 Å². The van der Waals surface area contributed by atoms with Gasteiger partial charge >= 0.3 is 5.97 Å². The molecule has 0 spiro atoms. The van der Waals surface area contributed by atoms with Gasteiger partial charge in [0.25, 0.3) is 11.8 Å². The van der Waals surface area contributed by atoms with E-state index in [0.717, 1.165) is 5.56 Å². The highest BCUT2D eigenvalue weighted by Crippen LogP contribution is 2.29. The number of esters is 1. The number of hydrogen-bond acceptors (Lipinski definition) is 7. The Labute approximate surface area is 237 Å². The normalized spacial score (nSPS) is 10.6. The molecule has 0 bridgehead atoms. The first-order valence-corrected chi connectivity index (χ1v) is 12.8. The van der Waals surface area contributed by atoms with E-state index in [1.807, 2.05) is 26.0 Å². The number of benzene rings is 4. The van der Waals surface area contributed by atoms with Crippen LogP contribution in [0.1, 0.15) is 49.1 Å². The van der Waals surface area contributed by atoms with E-state index in [2.05, 4.69) is 15.8 Å². The molecule has 9 heteroatoms. The van der Waals surface area contributed by atoms with E-state index in [1.165, 1.54) is 13.3 Å². The third kappa shape index (κ3) is 7.79. The number of carbonyl (C=O) groups is 3. The second-order valence-corrected chi connectivity index (χ2v) is 8.86. The number of hydrogen-bond donors (Lipinski definition) is 2. The van der Waals surface area contributed by atoms with Crippen LogP contribution in [0.4, 0.5) is 5.69 Å². The molecule has 0 aliphatic rings. The number of carbonyl (C=O) groups excluding carboxylic acids is 3. The molecule has 208 valence electrons. The Hall–Kier alpha value is -5.44. The molecule has 0 atom stereocenters. The molecule has 0 aromatic heterocycles. The summed E-state index contributed by atoms with van der Waals surface area (Å²) in [5, 5.41) is 6.81. The van der Waals surface area contributed by atoms with E-state index in [4.69, 9.17) is 14.2 Å². The molecule has 0 unspecified atom stereocenters. The Morgan fingerprint density at radius 1 is 0.805 bits per heavy atom. The molecule has 4 rings (SSSR count). The molecule has 9 nitrogen and oxygen atoms in total. The van der Waals surface area contributed by atoms with Crippen molar-refractivity contribution >= 4 is 29.7 Å². The molecule has 0 fully saturated rings. The van der Waals surface area contributed by atoms with Gasteiger partial charge in [-0.25, -0.2) is 10.2 Å². The minimum absolute atomic E-state index is 0.270. The summed E-state index contributed by atoms with van der Waals surface area (Å²) in [6, 6.07) is 25.3. The third-order valence-electron chi connectivity index (χ3n) is 5.85. The van der Waals surface area contributed by atoms with Crippen molar-refractivity contribution in [3.63, 3.8) is 0 Å². The van der Waals surface area contributed by atoms with E-state index in [0.29, 0.717) is 46.0 Å². The Bertz CT molecular complexity index is 1580. The van der Waals surface area contributed by atoms with Gasteiger partial charge in [-0.15, -0.1) is 0 Å². The lowest BCUT2D eigenvalue weighted by molar-refractivity contribution is 0.0728. The third-order valence-corrected chi connectivity index (χ3v) is 5.85. The first kappa shape index (κ1) is 28.6. The Morgan fingerprint density at radius 3 is 2.27 bits per heavy atom. The quantitative estimate of drug-likeness (QED) is 0.114. The molecule has 2 amide bonds. The molecule has 0 aliphatic heterocycles. The molecular formula is C32H29N3O6. The minimum Gasteiger partial charge on any atom is -0.497 e. The minimum atomic E-state index is -0.499. The van der Waals surface area contributed by atoms with Gasteiger partial charge in [-0.1, -0.05) is 29.8 Å². The summed E-state index contributed by atoms with van der Waals surface area (Å²) >= 11 is 0. The van der Waals surface area contributed by atoms with Crippen molar-refractivity contribution in [1.29, 1.82) is 0 Å². The fraction of sp³-hybridized carbons (Fsp3) is 0.125. The van der Waals surface area contributed by atoms with E-state index < -0.39 is 11.9 Å².